The van der Waals surface area contributed by atoms with E-state index in [0.717, 1.165) is 5.56 Å². The van der Waals surface area contributed by atoms with Crippen LogP contribution in [0.4, 0.5) is 5.82 Å². The maximum Gasteiger partial charge on any atom is 0.269 e. The van der Waals surface area contributed by atoms with Gasteiger partial charge in [-0.05, 0) is 6.07 Å². The number of aromatic nitrogens is 2. The van der Waals surface area contributed by atoms with Crippen molar-refractivity contribution >= 4 is 29.0 Å². The molecule has 1 N–H and O–H groups in total. The van der Waals surface area contributed by atoms with E-state index in [1.807, 2.05) is 24.3 Å². The maximum absolute atomic E-state index is 12.3. The van der Waals surface area contributed by atoms with Crippen molar-refractivity contribution in [3.63, 3.8) is 0 Å². The summed E-state index contributed by atoms with van der Waals surface area (Å²) in [4.78, 5) is 17.5. The molecule has 0 bridgehead atoms. The molecule has 23 heavy (non-hydrogen) atoms. The zero-order valence-corrected chi connectivity index (χ0v) is 12.9. The highest BCUT2D eigenvalue weighted by molar-refractivity contribution is 6.34. The molecule has 0 radical (unpaired) electrons. The number of aryl methyl sites for hydroxylation is 1. The average molecular weight is 330 g/mol. The van der Waals surface area contributed by atoms with E-state index >= 15 is 0 Å². The van der Waals surface area contributed by atoms with Crippen LogP contribution < -0.4 is 5.32 Å². The van der Waals surface area contributed by atoms with Crippen molar-refractivity contribution in [3.05, 3.63) is 46.6 Å². The van der Waals surface area contributed by atoms with Gasteiger partial charge in [0.2, 0.25) is 6.10 Å². The van der Waals surface area contributed by atoms with Crippen LogP contribution in [0.1, 0.15) is 17.5 Å². The van der Waals surface area contributed by atoms with E-state index in [1.165, 1.54) is 10.9 Å². The smallest absolute Gasteiger partial charge is 0.269 e. The fourth-order valence-corrected chi connectivity index (χ4v) is 2.48. The molecule has 0 fully saturated rings. The Morgan fingerprint density at radius 1 is 1.52 bits per heavy atom. The summed E-state index contributed by atoms with van der Waals surface area (Å²) in [6.45, 7) is 0. The molecule has 8 heteroatoms. The second-order valence-corrected chi connectivity index (χ2v) is 5.35. The van der Waals surface area contributed by atoms with Gasteiger partial charge in [-0.25, -0.2) is 0 Å². The van der Waals surface area contributed by atoms with Gasteiger partial charge in [0, 0.05) is 24.1 Å². The van der Waals surface area contributed by atoms with Gasteiger partial charge in [0.1, 0.15) is 17.5 Å². The highest BCUT2D eigenvalue weighted by atomic mass is 35.5. The molecule has 1 aliphatic heterocycles. The Bertz CT molecular complexity index is 837. The lowest BCUT2D eigenvalue weighted by Crippen LogP contribution is -2.29. The predicted molar refractivity (Wildman–Crippen MR) is 84.0 cm³/mol. The monoisotopic (exact) mass is 329 g/mol. The summed E-state index contributed by atoms with van der Waals surface area (Å²) in [5, 5.41) is 20.1. The zero-order chi connectivity index (χ0) is 16.4. The van der Waals surface area contributed by atoms with E-state index in [-0.39, 0.29) is 5.56 Å². The largest absolute Gasteiger partial charge is 0.382 e. The van der Waals surface area contributed by atoms with E-state index in [1.54, 1.807) is 13.1 Å². The minimum absolute atomic E-state index is 0.283. The number of rotatable bonds is 3. The molecular formula is C15H12ClN5O2. The molecule has 1 aromatic carbocycles. The van der Waals surface area contributed by atoms with Crippen molar-refractivity contribution in [3.8, 4) is 6.07 Å². The topological polar surface area (TPSA) is 92.3 Å². The summed E-state index contributed by atoms with van der Waals surface area (Å²) in [5.74, 6) is -0.0665. The Kier molecular flexibility index (Phi) is 4.00. The second kappa shape index (κ2) is 6.10. The summed E-state index contributed by atoms with van der Waals surface area (Å²) in [7, 11) is 1.64. The van der Waals surface area contributed by atoms with Gasteiger partial charge in [-0.3, -0.25) is 9.48 Å². The second-order valence-electron chi connectivity index (χ2n) is 4.95. The molecule has 0 aliphatic carbocycles. The average Bonchev–Trinajstić information content (AvgIpc) is 3.16. The van der Waals surface area contributed by atoms with Crippen molar-refractivity contribution in [1.82, 2.24) is 9.78 Å². The first kappa shape index (κ1) is 15.1. The van der Waals surface area contributed by atoms with Crippen molar-refractivity contribution in [2.75, 3.05) is 5.32 Å². The van der Waals surface area contributed by atoms with E-state index in [2.05, 4.69) is 15.6 Å². The van der Waals surface area contributed by atoms with Crippen molar-refractivity contribution < 1.29 is 9.63 Å². The SMILES string of the molecule is Cn1ncc(C#N)c1NC(=O)[C@@H]1CC(c2ccccc2Cl)=NO1. The molecule has 1 atom stereocenters. The fraction of sp³-hybridized carbons (Fsp3) is 0.200. The molecule has 7 nitrogen and oxygen atoms in total. The normalized spacial score (nSPS) is 16.4. The molecule has 0 unspecified atom stereocenters. The van der Waals surface area contributed by atoms with Crippen LogP contribution >= 0.6 is 11.6 Å². The third-order valence-corrected chi connectivity index (χ3v) is 3.78. The van der Waals surface area contributed by atoms with Gasteiger partial charge >= 0.3 is 0 Å². The third-order valence-electron chi connectivity index (χ3n) is 3.45. The highest BCUT2D eigenvalue weighted by Crippen LogP contribution is 2.24. The van der Waals surface area contributed by atoms with Gasteiger partial charge < -0.3 is 10.2 Å². The summed E-state index contributed by atoms with van der Waals surface area (Å²) < 4.78 is 1.42. The summed E-state index contributed by atoms with van der Waals surface area (Å²) >= 11 is 6.12. The van der Waals surface area contributed by atoms with Gasteiger partial charge in [-0.15, -0.1) is 0 Å². The van der Waals surface area contributed by atoms with Crippen LogP contribution in [-0.2, 0) is 16.7 Å². The number of nitriles is 1. The minimum atomic E-state index is -0.775. The number of nitrogens with one attached hydrogen (secondary N) is 1. The van der Waals surface area contributed by atoms with E-state index < -0.39 is 12.0 Å². The fourth-order valence-electron chi connectivity index (χ4n) is 2.24. The van der Waals surface area contributed by atoms with Gasteiger partial charge in [-0.2, -0.15) is 10.4 Å². The number of benzene rings is 1. The van der Waals surface area contributed by atoms with Gasteiger partial charge in [0.15, 0.2) is 0 Å². The van der Waals surface area contributed by atoms with Crippen molar-refractivity contribution in [2.45, 2.75) is 12.5 Å². The highest BCUT2D eigenvalue weighted by Gasteiger charge is 2.30. The Morgan fingerprint density at radius 3 is 3.04 bits per heavy atom. The minimum Gasteiger partial charge on any atom is -0.382 e. The number of carbonyl (C=O) groups excluding carboxylic acids is 1. The number of carbonyl (C=O) groups is 1. The molecule has 1 amide bonds. The van der Waals surface area contributed by atoms with Crippen LogP contribution in [0.2, 0.25) is 5.02 Å². The van der Waals surface area contributed by atoms with Crippen LogP contribution in [0.5, 0.6) is 0 Å². The maximum atomic E-state index is 12.3. The number of anilines is 1. The summed E-state index contributed by atoms with van der Waals surface area (Å²) in [6.07, 6.45) is 0.911. The first-order valence-corrected chi connectivity index (χ1v) is 7.18. The van der Waals surface area contributed by atoms with E-state index in [4.69, 9.17) is 21.7 Å². The van der Waals surface area contributed by atoms with Crippen LogP contribution in [0.25, 0.3) is 0 Å². The first-order chi connectivity index (χ1) is 11.1. The molecule has 2 aromatic rings. The van der Waals surface area contributed by atoms with Crippen LogP contribution in [0.15, 0.2) is 35.6 Å². The lowest BCUT2D eigenvalue weighted by atomic mass is 10.0. The number of oxime groups is 1. The number of hydrogen-bond acceptors (Lipinski definition) is 5. The number of amides is 1. The molecule has 2 heterocycles. The number of nitrogens with zero attached hydrogens (tertiary/aromatic N) is 4. The molecule has 0 saturated heterocycles. The number of hydrogen-bond donors (Lipinski definition) is 1. The van der Waals surface area contributed by atoms with Gasteiger partial charge in [-0.1, -0.05) is 35.0 Å². The molecule has 0 saturated carbocycles. The third kappa shape index (κ3) is 2.89. The van der Waals surface area contributed by atoms with Crippen LogP contribution in [-0.4, -0.2) is 27.5 Å². The van der Waals surface area contributed by atoms with Crippen LogP contribution in [0.3, 0.4) is 0 Å². The van der Waals surface area contributed by atoms with Crippen LogP contribution in [0, 0.1) is 11.3 Å². The number of halogens is 1. The molecular weight excluding hydrogens is 318 g/mol. The molecule has 0 spiro atoms. The van der Waals surface area contributed by atoms with Gasteiger partial charge in [0.25, 0.3) is 5.91 Å². The van der Waals surface area contributed by atoms with Crippen molar-refractivity contribution in [1.29, 1.82) is 5.26 Å². The molecule has 3 rings (SSSR count). The quantitative estimate of drug-likeness (QED) is 0.933. The predicted octanol–water partition coefficient (Wildman–Crippen LogP) is 2.08. The summed E-state index contributed by atoms with van der Waals surface area (Å²) in [5.41, 5.74) is 1.63. The Hall–Kier alpha value is -2.85. The lowest BCUT2D eigenvalue weighted by molar-refractivity contribution is -0.125. The molecule has 116 valence electrons. The van der Waals surface area contributed by atoms with Crippen molar-refractivity contribution in [2.24, 2.45) is 12.2 Å². The Morgan fingerprint density at radius 2 is 2.30 bits per heavy atom. The van der Waals surface area contributed by atoms with Gasteiger partial charge in [0.05, 0.1) is 11.9 Å². The molecule has 1 aromatic heterocycles. The first-order valence-electron chi connectivity index (χ1n) is 6.80. The zero-order valence-electron chi connectivity index (χ0n) is 12.2. The van der Waals surface area contributed by atoms with E-state index in [9.17, 15) is 4.79 Å². The molecule has 1 aliphatic rings. The van der Waals surface area contributed by atoms with E-state index in [0.29, 0.717) is 23.0 Å². The Balaban J connectivity index is 1.71. The summed E-state index contributed by atoms with van der Waals surface area (Å²) in [6, 6.07) is 9.20. The standard InChI is InChI=1S/C15H12ClN5O2/c1-21-14(9(7-17)8-18-21)19-15(22)13-6-12(20-23-13)10-4-2-3-5-11(10)16/h2-5,8,13H,6H2,1H3,(H,19,22)/t13-/m0/s1. The Labute approximate surface area is 137 Å². The lowest BCUT2D eigenvalue weighted by Gasteiger charge is -2.10.